The van der Waals surface area contributed by atoms with Gasteiger partial charge in [0.05, 0.1) is 11.1 Å². The molecule has 1 saturated heterocycles. The minimum atomic E-state index is -0.205. The van der Waals surface area contributed by atoms with Gasteiger partial charge >= 0.3 is 0 Å². The average molecular weight is 266 g/mol. The molecule has 1 aliphatic heterocycles. The lowest BCUT2D eigenvalue weighted by atomic mass is 9.71. The highest BCUT2D eigenvalue weighted by Crippen LogP contribution is 2.37. The van der Waals surface area contributed by atoms with Crippen LogP contribution < -0.4 is 5.32 Å². The van der Waals surface area contributed by atoms with Gasteiger partial charge in [-0.05, 0) is 31.0 Å². The summed E-state index contributed by atoms with van der Waals surface area (Å²) < 4.78 is 0. The van der Waals surface area contributed by atoms with Crippen LogP contribution in [0.3, 0.4) is 0 Å². The number of piperidine rings is 1. The summed E-state index contributed by atoms with van der Waals surface area (Å²) >= 11 is 0. The minimum absolute atomic E-state index is 0.128. The average Bonchev–Trinajstić information content (AvgIpc) is 2.50. The van der Waals surface area contributed by atoms with Crippen LogP contribution in [0, 0.1) is 6.92 Å². The lowest BCUT2D eigenvalue weighted by Crippen LogP contribution is -2.47. The Morgan fingerprint density at radius 3 is 2.55 bits per heavy atom. The fourth-order valence-corrected chi connectivity index (χ4v) is 2.88. The first-order chi connectivity index (χ1) is 9.71. The van der Waals surface area contributed by atoms with Gasteiger partial charge in [0, 0.05) is 19.2 Å². The number of benzene rings is 1. The lowest BCUT2D eigenvalue weighted by Gasteiger charge is -2.37. The Kier molecular flexibility index (Phi) is 3.26. The predicted octanol–water partition coefficient (Wildman–Crippen LogP) is 2.59. The second kappa shape index (κ2) is 5.08. The van der Waals surface area contributed by atoms with Gasteiger partial charge in [-0.3, -0.25) is 9.78 Å². The van der Waals surface area contributed by atoms with E-state index in [2.05, 4.69) is 47.6 Å². The van der Waals surface area contributed by atoms with Gasteiger partial charge in [0.15, 0.2) is 0 Å². The topological polar surface area (TPSA) is 42.0 Å². The molecule has 102 valence electrons. The number of nitrogens with one attached hydrogen (secondary N) is 1. The van der Waals surface area contributed by atoms with Crippen molar-refractivity contribution in [3.05, 3.63) is 65.5 Å². The van der Waals surface area contributed by atoms with Gasteiger partial charge in [-0.25, -0.2) is 0 Å². The van der Waals surface area contributed by atoms with E-state index < -0.39 is 0 Å². The van der Waals surface area contributed by atoms with Crippen LogP contribution in [0.2, 0.25) is 0 Å². The summed E-state index contributed by atoms with van der Waals surface area (Å²) in [5.41, 5.74) is 3.29. The SMILES string of the molecule is Cc1ccc(C2(c3ccccn3)CCC(=O)NC2)cc1. The minimum Gasteiger partial charge on any atom is -0.355 e. The van der Waals surface area contributed by atoms with Crippen LogP contribution in [0.4, 0.5) is 0 Å². The molecule has 0 spiro atoms. The number of aromatic nitrogens is 1. The molecule has 3 rings (SSSR count). The summed E-state index contributed by atoms with van der Waals surface area (Å²) in [5, 5.41) is 3.01. The van der Waals surface area contributed by atoms with E-state index in [9.17, 15) is 4.79 Å². The summed E-state index contributed by atoms with van der Waals surface area (Å²) in [5.74, 6) is 0.128. The van der Waals surface area contributed by atoms with Crippen molar-refractivity contribution in [1.82, 2.24) is 10.3 Å². The van der Waals surface area contributed by atoms with Gasteiger partial charge in [0.1, 0.15) is 0 Å². The predicted molar refractivity (Wildman–Crippen MR) is 78.4 cm³/mol. The maximum Gasteiger partial charge on any atom is 0.220 e. The summed E-state index contributed by atoms with van der Waals surface area (Å²) in [6, 6.07) is 14.5. The molecular formula is C17H18N2O. The van der Waals surface area contributed by atoms with Crippen molar-refractivity contribution in [2.45, 2.75) is 25.2 Å². The van der Waals surface area contributed by atoms with Crippen LogP contribution in [-0.2, 0) is 10.2 Å². The van der Waals surface area contributed by atoms with Crippen molar-refractivity contribution >= 4 is 5.91 Å². The van der Waals surface area contributed by atoms with E-state index in [1.54, 1.807) is 0 Å². The molecule has 3 heteroatoms. The van der Waals surface area contributed by atoms with Crippen LogP contribution in [0.25, 0.3) is 0 Å². The molecule has 1 aliphatic rings. The Morgan fingerprint density at radius 1 is 1.15 bits per heavy atom. The number of nitrogens with zero attached hydrogens (tertiary/aromatic N) is 1. The van der Waals surface area contributed by atoms with E-state index in [-0.39, 0.29) is 11.3 Å². The molecule has 0 bridgehead atoms. The monoisotopic (exact) mass is 266 g/mol. The highest BCUT2D eigenvalue weighted by atomic mass is 16.1. The molecule has 1 N–H and O–H groups in total. The number of pyridine rings is 1. The quantitative estimate of drug-likeness (QED) is 0.907. The smallest absolute Gasteiger partial charge is 0.220 e. The first-order valence-electron chi connectivity index (χ1n) is 6.96. The van der Waals surface area contributed by atoms with Gasteiger partial charge in [-0.15, -0.1) is 0 Å². The zero-order chi connectivity index (χ0) is 14.0. The van der Waals surface area contributed by atoms with Crippen molar-refractivity contribution in [2.24, 2.45) is 0 Å². The Balaban J connectivity index is 2.08. The van der Waals surface area contributed by atoms with Crippen molar-refractivity contribution in [2.75, 3.05) is 6.54 Å². The summed E-state index contributed by atoms with van der Waals surface area (Å²) in [6.07, 6.45) is 3.17. The van der Waals surface area contributed by atoms with Crippen LogP contribution in [0.15, 0.2) is 48.7 Å². The molecule has 1 fully saturated rings. The van der Waals surface area contributed by atoms with Crippen molar-refractivity contribution in [3.63, 3.8) is 0 Å². The molecule has 1 unspecified atom stereocenters. The van der Waals surface area contributed by atoms with Crippen LogP contribution >= 0.6 is 0 Å². The summed E-state index contributed by atoms with van der Waals surface area (Å²) in [6.45, 7) is 2.70. The summed E-state index contributed by atoms with van der Waals surface area (Å²) in [7, 11) is 0. The maximum atomic E-state index is 11.5. The van der Waals surface area contributed by atoms with Gasteiger partial charge < -0.3 is 5.32 Å². The number of hydrogen-bond donors (Lipinski definition) is 1. The van der Waals surface area contributed by atoms with Crippen LogP contribution in [0.5, 0.6) is 0 Å². The first-order valence-corrected chi connectivity index (χ1v) is 6.96. The van der Waals surface area contributed by atoms with E-state index in [0.29, 0.717) is 13.0 Å². The molecule has 20 heavy (non-hydrogen) atoms. The van der Waals surface area contributed by atoms with Crippen molar-refractivity contribution in [1.29, 1.82) is 0 Å². The fraction of sp³-hybridized carbons (Fsp3) is 0.294. The second-order valence-electron chi connectivity index (χ2n) is 5.44. The number of rotatable bonds is 2. The van der Waals surface area contributed by atoms with Gasteiger partial charge in [0.2, 0.25) is 5.91 Å². The number of carbonyl (C=O) groups is 1. The number of hydrogen-bond acceptors (Lipinski definition) is 2. The largest absolute Gasteiger partial charge is 0.355 e. The summed E-state index contributed by atoms with van der Waals surface area (Å²) in [4.78, 5) is 16.1. The Bertz CT molecular complexity index is 595. The molecule has 3 nitrogen and oxygen atoms in total. The second-order valence-corrected chi connectivity index (χ2v) is 5.44. The Labute approximate surface area is 119 Å². The van der Waals surface area contributed by atoms with Crippen molar-refractivity contribution in [3.8, 4) is 0 Å². The highest BCUT2D eigenvalue weighted by Gasteiger charge is 2.39. The van der Waals surface area contributed by atoms with E-state index in [1.165, 1.54) is 11.1 Å². The molecule has 0 saturated carbocycles. The van der Waals surface area contributed by atoms with E-state index in [4.69, 9.17) is 0 Å². The van der Waals surface area contributed by atoms with Crippen LogP contribution in [0.1, 0.15) is 29.7 Å². The zero-order valence-electron chi connectivity index (χ0n) is 11.6. The Morgan fingerprint density at radius 2 is 1.95 bits per heavy atom. The Hall–Kier alpha value is -2.16. The number of carbonyl (C=O) groups excluding carboxylic acids is 1. The molecule has 1 atom stereocenters. The zero-order valence-corrected chi connectivity index (χ0v) is 11.6. The molecule has 1 aromatic carbocycles. The third kappa shape index (κ3) is 2.20. The number of aryl methyl sites for hydroxylation is 1. The third-order valence-corrected chi connectivity index (χ3v) is 4.13. The van der Waals surface area contributed by atoms with E-state index in [1.807, 2.05) is 18.3 Å². The fourth-order valence-electron chi connectivity index (χ4n) is 2.88. The van der Waals surface area contributed by atoms with E-state index >= 15 is 0 Å². The molecule has 1 aromatic heterocycles. The maximum absolute atomic E-state index is 11.5. The molecular weight excluding hydrogens is 248 g/mol. The standard InChI is InChI=1S/C17H18N2O/c1-13-5-7-14(8-6-13)17(10-9-16(20)19-12-17)15-4-2-3-11-18-15/h2-8,11H,9-10,12H2,1H3,(H,19,20). The van der Waals surface area contributed by atoms with Gasteiger partial charge in [-0.1, -0.05) is 35.9 Å². The van der Waals surface area contributed by atoms with Gasteiger partial charge in [-0.2, -0.15) is 0 Å². The lowest BCUT2D eigenvalue weighted by molar-refractivity contribution is -0.123. The molecule has 2 aromatic rings. The third-order valence-electron chi connectivity index (χ3n) is 4.13. The van der Waals surface area contributed by atoms with Crippen LogP contribution in [-0.4, -0.2) is 17.4 Å². The van der Waals surface area contributed by atoms with Gasteiger partial charge in [0.25, 0.3) is 0 Å². The molecule has 2 heterocycles. The van der Waals surface area contributed by atoms with Crippen molar-refractivity contribution < 1.29 is 4.79 Å². The molecule has 0 aliphatic carbocycles. The number of amides is 1. The van der Waals surface area contributed by atoms with E-state index in [0.717, 1.165) is 12.1 Å². The first kappa shape index (κ1) is 12.9. The normalized spacial score (nSPS) is 22.4. The molecule has 1 amide bonds. The highest BCUT2D eigenvalue weighted by molar-refractivity contribution is 5.77. The molecule has 0 radical (unpaired) electrons.